The molecule has 100 valence electrons. The predicted molar refractivity (Wildman–Crippen MR) is 76.1 cm³/mol. The molecule has 0 aliphatic heterocycles. The van der Waals surface area contributed by atoms with Crippen molar-refractivity contribution >= 4 is 0 Å². The Hall–Kier alpha value is -1.02. The maximum Gasteiger partial charge on any atom is 0.119 e. The maximum atomic E-state index is 6.15. The van der Waals surface area contributed by atoms with E-state index in [2.05, 4.69) is 50.4 Å². The number of hydrogen-bond acceptors (Lipinski definition) is 2. The highest BCUT2D eigenvalue weighted by atomic mass is 16.5. The zero-order valence-electron chi connectivity index (χ0n) is 12.0. The average Bonchev–Trinajstić information content (AvgIpc) is 2.42. The normalized spacial score (nSPS) is 30.9. The first kappa shape index (κ1) is 13.4. The van der Waals surface area contributed by atoms with Crippen LogP contribution in [0.3, 0.4) is 0 Å². The number of aryl methyl sites for hydroxylation is 1. The Morgan fingerprint density at radius 1 is 1.28 bits per heavy atom. The Balaban J connectivity index is 2.01. The summed E-state index contributed by atoms with van der Waals surface area (Å²) >= 11 is 0. The first-order chi connectivity index (χ1) is 8.63. The van der Waals surface area contributed by atoms with E-state index in [9.17, 15) is 0 Å². The van der Waals surface area contributed by atoms with Crippen LogP contribution in [0.4, 0.5) is 0 Å². The summed E-state index contributed by atoms with van der Waals surface area (Å²) in [6, 6.07) is 9.10. The van der Waals surface area contributed by atoms with Gasteiger partial charge in [0.25, 0.3) is 0 Å². The minimum absolute atomic E-state index is 0.262. The van der Waals surface area contributed by atoms with Crippen molar-refractivity contribution in [3.8, 4) is 5.75 Å². The lowest BCUT2D eigenvalue weighted by Crippen LogP contribution is -2.62. The molecule has 1 aromatic rings. The molecular weight excluding hydrogens is 222 g/mol. The lowest BCUT2D eigenvalue weighted by Gasteiger charge is -2.53. The van der Waals surface area contributed by atoms with Crippen LogP contribution in [-0.4, -0.2) is 19.2 Å². The van der Waals surface area contributed by atoms with E-state index in [1.807, 2.05) is 7.05 Å². The molecule has 1 saturated carbocycles. The van der Waals surface area contributed by atoms with Gasteiger partial charge >= 0.3 is 0 Å². The summed E-state index contributed by atoms with van der Waals surface area (Å²) in [5.74, 6) is 1.01. The van der Waals surface area contributed by atoms with E-state index in [-0.39, 0.29) is 5.41 Å². The van der Waals surface area contributed by atoms with Gasteiger partial charge < -0.3 is 10.1 Å². The van der Waals surface area contributed by atoms with E-state index in [1.54, 1.807) is 0 Å². The summed E-state index contributed by atoms with van der Waals surface area (Å²) in [7, 11) is 2.05. The second kappa shape index (κ2) is 5.31. The Bertz CT molecular complexity index is 387. The first-order valence-electron chi connectivity index (χ1n) is 7.07. The van der Waals surface area contributed by atoms with Crippen LogP contribution in [0, 0.1) is 5.41 Å². The van der Waals surface area contributed by atoms with Gasteiger partial charge in [-0.25, -0.2) is 0 Å². The van der Waals surface area contributed by atoms with Crippen LogP contribution < -0.4 is 10.1 Å². The van der Waals surface area contributed by atoms with Gasteiger partial charge in [0.15, 0.2) is 0 Å². The van der Waals surface area contributed by atoms with E-state index >= 15 is 0 Å². The molecule has 2 nitrogen and oxygen atoms in total. The highest BCUT2D eigenvalue weighted by Crippen LogP contribution is 2.45. The number of benzene rings is 1. The molecule has 3 atom stereocenters. The molecule has 1 N–H and O–H groups in total. The summed E-state index contributed by atoms with van der Waals surface area (Å²) in [6.07, 6.45) is 3.68. The van der Waals surface area contributed by atoms with Crippen molar-refractivity contribution in [2.24, 2.45) is 5.41 Å². The fourth-order valence-electron chi connectivity index (χ4n) is 2.89. The molecule has 0 saturated heterocycles. The van der Waals surface area contributed by atoms with Gasteiger partial charge in [0.05, 0.1) is 0 Å². The quantitative estimate of drug-likeness (QED) is 0.861. The predicted octanol–water partition coefficient (Wildman–Crippen LogP) is 3.40. The standard InChI is InChI=1S/C16H25NO/c1-5-12-7-9-13(10-8-12)18-15-11-14(17-4)16(15,3)6-2/h7-10,14-15,17H,5-6,11H2,1-4H3. The molecule has 0 bridgehead atoms. The zero-order chi connectivity index (χ0) is 13.2. The van der Waals surface area contributed by atoms with Crippen LogP contribution in [0.2, 0.25) is 0 Å². The summed E-state index contributed by atoms with van der Waals surface area (Å²) in [4.78, 5) is 0. The van der Waals surface area contributed by atoms with Gasteiger partial charge in [0, 0.05) is 17.9 Å². The Kier molecular flexibility index (Phi) is 3.96. The van der Waals surface area contributed by atoms with Crippen molar-refractivity contribution in [2.75, 3.05) is 7.05 Å². The second-order valence-electron chi connectivity index (χ2n) is 5.54. The van der Waals surface area contributed by atoms with Crippen molar-refractivity contribution in [2.45, 2.75) is 52.2 Å². The average molecular weight is 247 g/mol. The summed E-state index contributed by atoms with van der Waals surface area (Å²) in [5, 5.41) is 3.40. The van der Waals surface area contributed by atoms with Gasteiger partial charge in [-0.15, -0.1) is 0 Å². The van der Waals surface area contributed by atoms with Gasteiger partial charge in [-0.3, -0.25) is 0 Å². The Labute approximate surface area is 111 Å². The molecule has 0 heterocycles. The molecule has 0 amide bonds. The van der Waals surface area contributed by atoms with Crippen LogP contribution >= 0.6 is 0 Å². The summed E-state index contributed by atoms with van der Waals surface area (Å²) < 4.78 is 6.15. The number of nitrogens with one attached hydrogen (secondary N) is 1. The monoisotopic (exact) mass is 247 g/mol. The van der Waals surface area contributed by atoms with E-state index in [0.29, 0.717) is 12.1 Å². The van der Waals surface area contributed by atoms with Gasteiger partial charge in [0.2, 0.25) is 0 Å². The molecule has 0 spiro atoms. The molecule has 0 aromatic heterocycles. The molecule has 1 aromatic carbocycles. The molecule has 3 unspecified atom stereocenters. The topological polar surface area (TPSA) is 21.3 Å². The smallest absolute Gasteiger partial charge is 0.119 e. The first-order valence-corrected chi connectivity index (χ1v) is 7.07. The largest absolute Gasteiger partial charge is 0.490 e. The molecule has 1 aliphatic carbocycles. The van der Waals surface area contributed by atoms with E-state index in [0.717, 1.165) is 25.0 Å². The Morgan fingerprint density at radius 2 is 1.94 bits per heavy atom. The van der Waals surface area contributed by atoms with E-state index < -0.39 is 0 Å². The summed E-state index contributed by atoms with van der Waals surface area (Å²) in [5.41, 5.74) is 1.63. The highest BCUT2D eigenvalue weighted by molar-refractivity contribution is 5.28. The van der Waals surface area contributed by atoms with Crippen molar-refractivity contribution in [3.05, 3.63) is 29.8 Å². The third-order valence-corrected chi connectivity index (χ3v) is 4.70. The summed E-state index contributed by atoms with van der Waals surface area (Å²) in [6.45, 7) is 6.75. The molecule has 18 heavy (non-hydrogen) atoms. The zero-order valence-corrected chi connectivity index (χ0v) is 12.0. The van der Waals surface area contributed by atoms with Crippen LogP contribution in [0.25, 0.3) is 0 Å². The van der Waals surface area contributed by atoms with Gasteiger partial charge in [0.1, 0.15) is 11.9 Å². The van der Waals surface area contributed by atoms with Crippen molar-refractivity contribution in [1.82, 2.24) is 5.32 Å². The fraction of sp³-hybridized carbons (Fsp3) is 0.625. The molecule has 2 heteroatoms. The number of ether oxygens (including phenoxy) is 1. The third-order valence-electron chi connectivity index (χ3n) is 4.70. The van der Waals surface area contributed by atoms with Crippen molar-refractivity contribution in [1.29, 1.82) is 0 Å². The van der Waals surface area contributed by atoms with Crippen molar-refractivity contribution in [3.63, 3.8) is 0 Å². The SMILES string of the molecule is CCc1ccc(OC2CC(NC)C2(C)CC)cc1. The molecule has 0 radical (unpaired) electrons. The van der Waals surface area contributed by atoms with E-state index in [4.69, 9.17) is 4.74 Å². The lowest BCUT2D eigenvalue weighted by molar-refractivity contribution is -0.0677. The van der Waals surface area contributed by atoms with Gasteiger partial charge in [-0.2, -0.15) is 0 Å². The molecule has 2 rings (SSSR count). The second-order valence-corrected chi connectivity index (χ2v) is 5.54. The lowest BCUT2D eigenvalue weighted by atomic mass is 9.61. The van der Waals surface area contributed by atoms with Gasteiger partial charge in [-0.1, -0.05) is 32.9 Å². The molecule has 1 aliphatic rings. The number of hydrogen-bond donors (Lipinski definition) is 1. The van der Waals surface area contributed by atoms with E-state index in [1.165, 1.54) is 5.56 Å². The van der Waals surface area contributed by atoms with Gasteiger partial charge in [-0.05, 0) is 37.6 Å². The number of rotatable bonds is 5. The van der Waals surface area contributed by atoms with Crippen LogP contribution in [0.15, 0.2) is 24.3 Å². The van der Waals surface area contributed by atoms with Crippen LogP contribution in [0.5, 0.6) is 5.75 Å². The minimum atomic E-state index is 0.262. The molecular formula is C16H25NO. The Morgan fingerprint density at radius 3 is 2.44 bits per heavy atom. The maximum absolute atomic E-state index is 6.15. The fourth-order valence-corrected chi connectivity index (χ4v) is 2.89. The third kappa shape index (κ3) is 2.26. The van der Waals surface area contributed by atoms with Crippen LogP contribution in [-0.2, 0) is 6.42 Å². The molecule has 1 fully saturated rings. The van der Waals surface area contributed by atoms with Crippen LogP contribution in [0.1, 0.15) is 39.2 Å². The minimum Gasteiger partial charge on any atom is -0.490 e. The highest BCUT2D eigenvalue weighted by Gasteiger charge is 2.51. The van der Waals surface area contributed by atoms with Crippen molar-refractivity contribution < 1.29 is 4.74 Å².